The van der Waals surface area contributed by atoms with Crippen LogP contribution < -0.4 is 5.32 Å². The van der Waals surface area contributed by atoms with E-state index in [1.54, 1.807) is 35.6 Å². The van der Waals surface area contributed by atoms with Gasteiger partial charge in [0.2, 0.25) is 5.91 Å². The molecule has 2 heterocycles. The van der Waals surface area contributed by atoms with Gasteiger partial charge in [-0.15, -0.1) is 11.3 Å². The zero-order chi connectivity index (χ0) is 18.4. The largest absolute Gasteiger partial charge is 0.465 e. The molecule has 1 aliphatic rings. The lowest BCUT2D eigenvalue weighted by Crippen LogP contribution is -2.35. The topological polar surface area (TPSA) is 80.8 Å². The van der Waals surface area contributed by atoms with Crippen molar-refractivity contribution in [1.29, 1.82) is 0 Å². The van der Waals surface area contributed by atoms with E-state index < -0.39 is 5.97 Å². The number of methoxy groups -OCH3 is 1. The Morgan fingerprint density at radius 1 is 1.35 bits per heavy atom. The van der Waals surface area contributed by atoms with Gasteiger partial charge in [-0.05, 0) is 18.2 Å². The standard InChI is InChI=1S/C18H21N3O4S/c1-24-18(23)13-3-2-4-14(9-13)19-16(22)10-15-12-26-17(20-15)11-21-5-7-25-8-6-21/h2-4,9,12H,5-8,10-11H2,1H3,(H,19,22). The molecule has 26 heavy (non-hydrogen) atoms. The number of esters is 1. The lowest BCUT2D eigenvalue weighted by atomic mass is 10.2. The first kappa shape index (κ1) is 18.5. The Morgan fingerprint density at radius 3 is 2.92 bits per heavy atom. The van der Waals surface area contributed by atoms with Crippen LogP contribution in [-0.2, 0) is 27.2 Å². The van der Waals surface area contributed by atoms with Crippen LogP contribution in [0.25, 0.3) is 0 Å². The molecule has 0 unspecified atom stereocenters. The maximum absolute atomic E-state index is 12.2. The van der Waals surface area contributed by atoms with Gasteiger partial charge in [0, 0.05) is 24.2 Å². The summed E-state index contributed by atoms with van der Waals surface area (Å²) in [6.07, 6.45) is 0.196. The van der Waals surface area contributed by atoms with Crippen LogP contribution >= 0.6 is 11.3 Å². The SMILES string of the molecule is COC(=O)c1cccc(NC(=O)Cc2csc(CN3CCOCC3)n2)c1. The molecular formula is C18H21N3O4S. The van der Waals surface area contributed by atoms with Gasteiger partial charge in [0.15, 0.2) is 0 Å². The number of morpholine rings is 1. The lowest BCUT2D eigenvalue weighted by Gasteiger charge is -2.25. The first-order chi connectivity index (χ1) is 12.6. The molecule has 138 valence electrons. The monoisotopic (exact) mass is 375 g/mol. The Hall–Kier alpha value is -2.29. The number of nitrogens with zero attached hydrogens (tertiary/aromatic N) is 2. The Balaban J connectivity index is 1.54. The fourth-order valence-electron chi connectivity index (χ4n) is 2.66. The number of anilines is 1. The second-order valence-corrected chi connectivity index (χ2v) is 6.86. The summed E-state index contributed by atoms with van der Waals surface area (Å²) in [5.74, 6) is -0.608. The van der Waals surface area contributed by atoms with Gasteiger partial charge in [-0.1, -0.05) is 6.07 Å². The van der Waals surface area contributed by atoms with E-state index >= 15 is 0 Å². The molecule has 0 saturated carbocycles. The summed E-state index contributed by atoms with van der Waals surface area (Å²) in [6, 6.07) is 6.66. The van der Waals surface area contributed by atoms with Gasteiger partial charge in [0.05, 0.1) is 44.5 Å². The van der Waals surface area contributed by atoms with Crippen LogP contribution in [0.2, 0.25) is 0 Å². The van der Waals surface area contributed by atoms with Crippen molar-refractivity contribution in [2.75, 3.05) is 38.7 Å². The van der Waals surface area contributed by atoms with Gasteiger partial charge < -0.3 is 14.8 Å². The van der Waals surface area contributed by atoms with Crippen LogP contribution in [0.1, 0.15) is 21.1 Å². The summed E-state index contributed by atoms with van der Waals surface area (Å²) in [5.41, 5.74) is 1.70. The highest BCUT2D eigenvalue weighted by Gasteiger charge is 2.14. The third kappa shape index (κ3) is 5.10. The second-order valence-electron chi connectivity index (χ2n) is 5.92. The summed E-state index contributed by atoms with van der Waals surface area (Å²) in [4.78, 5) is 30.6. The van der Waals surface area contributed by atoms with Crippen molar-refractivity contribution in [1.82, 2.24) is 9.88 Å². The van der Waals surface area contributed by atoms with E-state index in [0.717, 1.165) is 43.5 Å². The van der Waals surface area contributed by atoms with E-state index in [-0.39, 0.29) is 12.3 Å². The third-order valence-corrected chi connectivity index (χ3v) is 4.85. The number of benzene rings is 1. The molecule has 1 fully saturated rings. The average Bonchev–Trinajstić information content (AvgIpc) is 3.08. The minimum Gasteiger partial charge on any atom is -0.465 e. The molecule has 1 aromatic carbocycles. The zero-order valence-electron chi connectivity index (χ0n) is 14.6. The maximum Gasteiger partial charge on any atom is 0.337 e. The molecule has 3 rings (SSSR count). The fourth-order valence-corrected chi connectivity index (χ4v) is 3.50. The fraction of sp³-hybridized carbons (Fsp3) is 0.389. The van der Waals surface area contributed by atoms with Crippen molar-refractivity contribution in [3.8, 4) is 0 Å². The van der Waals surface area contributed by atoms with Crippen LogP contribution in [-0.4, -0.2) is 55.2 Å². The Morgan fingerprint density at radius 2 is 2.15 bits per heavy atom. The summed E-state index contributed by atoms with van der Waals surface area (Å²) >= 11 is 1.57. The third-order valence-electron chi connectivity index (χ3n) is 3.97. The van der Waals surface area contributed by atoms with Crippen molar-refractivity contribution in [3.63, 3.8) is 0 Å². The Bertz CT molecular complexity index is 771. The van der Waals surface area contributed by atoms with Crippen molar-refractivity contribution in [3.05, 3.63) is 45.9 Å². The van der Waals surface area contributed by atoms with Gasteiger partial charge >= 0.3 is 5.97 Å². The van der Waals surface area contributed by atoms with Crippen LogP contribution in [0.3, 0.4) is 0 Å². The number of ether oxygens (including phenoxy) is 2. The van der Waals surface area contributed by atoms with E-state index in [1.807, 2.05) is 5.38 Å². The molecule has 0 radical (unpaired) electrons. The predicted molar refractivity (Wildman–Crippen MR) is 98.3 cm³/mol. The van der Waals surface area contributed by atoms with Crippen LogP contribution in [0.5, 0.6) is 0 Å². The number of amides is 1. The van der Waals surface area contributed by atoms with Crippen LogP contribution in [0.15, 0.2) is 29.6 Å². The number of aromatic nitrogens is 1. The lowest BCUT2D eigenvalue weighted by molar-refractivity contribution is -0.115. The molecule has 1 aromatic heterocycles. The average molecular weight is 375 g/mol. The first-order valence-corrected chi connectivity index (χ1v) is 9.23. The highest BCUT2D eigenvalue weighted by Crippen LogP contribution is 2.15. The molecule has 1 saturated heterocycles. The number of carbonyl (C=O) groups excluding carboxylic acids is 2. The Kier molecular flexibility index (Phi) is 6.32. The molecule has 7 nitrogen and oxygen atoms in total. The predicted octanol–water partition coefficient (Wildman–Crippen LogP) is 1.94. The molecule has 0 aliphatic carbocycles. The molecule has 0 spiro atoms. The van der Waals surface area contributed by atoms with E-state index in [1.165, 1.54) is 7.11 Å². The number of hydrogen-bond donors (Lipinski definition) is 1. The number of thiazole rings is 1. The van der Waals surface area contributed by atoms with Gasteiger partial charge in [0.25, 0.3) is 0 Å². The Labute approximate surface area is 155 Å². The summed E-state index contributed by atoms with van der Waals surface area (Å²) < 4.78 is 10.0. The molecule has 0 bridgehead atoms. The molecule has 1 amide bonds. The number of rotatable bonds is 6. The molecular weight excluding hydrogens is 354 g/mol. The summed E-state index contributed by atoms with van der Waals surface area (Å²) in [7, 11) is 1.32. The van der Waals surface area contributed by atoms with Gasteiger partial charge in [0.1, 0.15) is 5.01 Å². The molecule has 1 N–H and O–H groups in total. The number of nitrogens with one attached hydrogen (secondary N) is 1. The smallest absolute Gasteiger partial charge is 0.337 e. The highest BCUT2D eigenvalue weighted by molar-refractivity contribution is 7.09. The molecule has 1 aliphatic heterocycles. The van der Waals surface area contributed by atoms with Gasteiger partial charge in [-0.3, -0.25) is 9.69 Å². The highest BCUT2D eigenvalue weighted by atomic mass is 32.1. The summed E-state index contributed by atoms with van der Waals surface area (Å²) in [6.45, 7) is 4.12. The van der Waals surface area contributed by atoms with Crippen LogP contribution in [0, 0.1) is 0 Å². The maximum atomic E-state index is 12.2. The molecule has 8 heteroatoms. The summed E-state index contributed by atoms with van der Waals surface area (Å²) in [5, 5.41) is 5.71. The first-order valence-electron chi connectivity index (χ1n) is 8.35. The van der Waals surface area contributed by atoms with Crippen molar-refractivity contribution in [2.45, 2.75) is 13.0 Å². The normalized spacial score (nSPS) is 14.8. The number of hydrogen-bond acceptors (Lipinski definition) is 7. The van der Waals surface area contributed by atoms with Crippen LogP contribution in [0.4, 0.5) is 5.69 Å². The number of carbonyl (C=O) groups is 2. The van der Waals surface area contributed by atoms with Crippen molar-refractivity contribution >= 4 is 28.9 Å². The van der Waals surface area contributed by atoms with E-state index in [2.05, 4.69) is 19.9 Å². The molecule has 2 aromatic rings. The molecule has 0 atom stereocenters. The second kappa shape index (κ2) is 8.88. The van der Waals surface area contributed by atoms with E-state index in [0.29, 0.717) is 11.3 Å². The minimum absolute atomic E-state index is 0.171. The quantitative estimate of drug-likeness (QED) is 0.778. The van der Waals surface area contributed by atoms with Gasteiger partial charge in [-0.25, -0.2) is 9.78 Å². The minimum atomic E-state index is -0.437. The van der Waals surface area contributed by atoms with Crippen molar-refractivity contribution in [2.24, 2.45) is 0 Å². The zero-order valence-corrected chi connectivity index (χ0v) is 15.4. The van der Waals surface area contributed by atoms with Crippen molar-refractivity contribution < 1.29 is 19.1 Å². The van der Waals surface area contributed by atoms with Gasteiger partial charge in [-0.2, -0.15) is 0 Å². The van der Waals surface area contributed by atoms with E-state index in [9.17, 15) is 9.59 Å². The van der Waals surface area contributed by atoms with E-state index in [4.69, 9.17) is 4.74 Å².